The highest BCUT2D eigenvalue weighted by Crippen LogP contribution is 2.52. The van der Waals surface area contributed by atoms with Crippen LogP contribution in [0.15, 0.2) is 30.3 Å². The summed E-state index contributed by atoms with van der Waals surface area (Å²) in [6.07, 6.45) is -13.6. The lowest BCUT2D eigenvalue weighted by atomic mass is 9.80. The van der Waals surface area contributed by atoms with Gasteiger partial charge in [-0.05, 0) is 5.56 Å². The van der Waals surface area contributed by atoms with Gasteiger partial charge in [0.2, 0.25) is 0 Å². The Morgan fingerprint density at radius 1 is 0.947 bits per heavy atom. The van der Waals surface area contributed by atoms with Gasteiger partial charge < -0.3 is 5.11 Å². The lowest BCUT2D eigenvalue weighted by Crippen LogP contribution is -2.57. The largest absolute Gasteiger partial charge is 0.480 e. The molecule has 0 fully saturated rings. The summed E-state index contributed by atoms with van der Waals surface area (Å²) < 4.78 is 76.2. The van der Waals surface area contributed by atoms with Crippen molar-refractivity contribution < 1.29 is 36.2 Å². The Morgan fingerprint density at radius 3 is 1.68 bits per heavy atom. The Labute approximate surface area is 103 Å². The van der Waals surface area contributed by atoms with Gasteiger partial charge >= 0.3 is 18.3 Å². The highest BCUT2D eigenvalue weighted by atomic mass is 19.4. The minimum atomic E-state index is -5.95. The summed E-state index contributed by atoms with van der Waals surface area (Å²) in [5.74, 6) is -2.96. The molecule has 0 aliphatic rings. The Morgan fingerprint density at radius 2 is 1.37 bits per heavy atom. The van der Waals surface area contributed by atoms with Crippen LogP contribution in [-0.4, -0.2) is 23.4 Å². The summed E-state index contributed by atoms with van der Waals surface area (Å²) in [7, 11) is 0. The fraction of sp³-hybridized carbons (Fsp3) is 0.364. The topological polar surface area (TPSA) is 37.3 Å². The van der Waals surface area contributed by atoms with E-state index >= 15 is 0 Å². The molecule has 1 N–H and O–H groups in total. The normalized spacial score (nSPS) is 13.4. The Balaban J connectivity index is 3.38. The Bertz CT molecular complexity index is 434. The molecule has 1 aromatic rings. The molecule has 0 saturated heterocycles. The van der Waals surface area contributed by atoms with Gasteiger partial charge in [-0.15, -0.1) is 0 Å². The highest BCUT2D eigenvalue weighted by molar-refractivity contribution is 5.77. The van der Waals surface area contributed by atoms with Crippen LogP contribution in [0.3, 0.4) is 0 Å². The number of rotatable bonds is 3. The first-order chi connectivity index (χ1) is 8.52. The maximum Gasteiger partial charge on any atom is 0.414 e. The molecule has 0 heterocycles. The first-order valence-electron chi connectivity index (χ1n) is 4.93. The molecular formula is C11H8F6O2. The Kier molecular flexibility index (Phi) is 3.83. The number of hydrogen-bond donors (Lipinski definition) is 1. The van der Waals surface area contributed by atoms with Crippen molar-refractivity contribution in [2.24, 2.45) is 5.41 Å². The van der Waals surface area contributed by atoms with Gasteiger partial charge in [0.15, 0.2) is 0 Å². The van der Waals surface area contributed by atoms with Gasteiger partial charge in [0.05, 0.1) is 0 Å². The molecule has 1 aromatic carbocycles. The summed E-state index contributed by atoms with van der Waals surface area (Å²) in [6.45, 7) is 0. The first kappa shape index (κ1) is 15.3. The maximum atomic E-state index is 12.7. The van der Waals surface area contributed by atoms with Gasteiger partial charge in [0.25, 0.3) is 5.41 Å². The molecule has 0 radical (unpaired) electrons. The highest BCUT2D eigenvalue weighted by Gasteiger charge is 2.75. The van der Waals surface area contributed by atoms with Crippen LogP contribution >= 0.6 is 0 Å². The number of halogens is 6. The van der Waals surface area contributed by atoms with Crippen molar-refractivity contribution in [1.29, 1.82) is 0 Å². The smallest absolute Gasteiger partial charge is 0.414 e. The van der Waals surface area contributed by atoms with Gasteiger partial charge in [-0.2, -0.15) is 26.3 Å². The van der Waals surface area contributed by atoms with Crippen molar-refractivity contribution >= 4 is 5.97 Å². The second-order valence-corrected chi connectivity index (χ2v) is 3.87. The molecule has 0 aliphatic heterocycles. The number of carbonyl (C=O) groups is 1. The molecule has 0 unspecified atom stereocenters. The van der Waals surface area contributed by atoms with Crippen LogP contribution in [0, 0.1) is 5.41 Å². The van der Waals surface area contributed by atoms with Crippen molar-refractivity contribution in [3.05, 3.63) is 35.9 Å². The maximum absolute atomic E-state index is 12.7. The third-order valence-electron chi connectivity index (χ3n) is 2.65. The van der Waals surface area contributed by atoms with E-state index in [2.05, 4.69) is 0 Å². The molecule has 0 aromatic heterocycles. The number of aliphatic carboxylic acids is 1. The molecule has 19 heavy (non-hydrogen) atoms. The fourth-order valence-corrected chi connectivity index (χ4v) is 1.58. The molecule has 0 spiro atoms. The monoisotopic (exact) mass is 286 g/mol. The number of benzene rings is 1. The van der Waals surface area contributed by atoms with Crippen LogP contribution < -0.4 is 0 Å². The third kappa shape index (κ3) is 2.66. The quantitative estimate of drug-likeness (QED) is 0.864. The third-order valence-corrected chi connectivity index (χ3v) is 2.65. The minimum absolute atomic E-state index is 0.362. The average molecular weight is 286 g/mol. The van der Waals surface area contributed by atoms with Crippen molar-refractivity contribution in [3.8, 4) is 0 Å². The SMILES string of the molecule is O=C(O)C(Cc1ccccc1)(C(F)(F)F)C(F)(F)F. The van der Waals surface area contributed by atoms with Crippen LogP contribution in [0.5, 0.6) is 0 Å². The number of hydrogen-bond acceptors (Lipinski definition) is 1. The lowest BCUT2D eigenvalue weighted by Gasteiger charge is -2.33. The van der Waals surface area contributed by atoms with Gasteiger partial charge in [0.1, 0.15) is 0 Å². The second kappa shape index (κ2) is 4.75. The molecule has 0 amide bonds. The number of carboxylic acids is 1. The van der Waals surface area contributed by atoms with Crippen LogP contribution in [0.25, 0.3) is 0 Å². The zero-order valence-corrected chi connectivity index (χ0v) is 9.22. The van der Waals surface area contributed by atoms with Crippen molar-refractivity contribution in [1.82, 2.24) is 0 Å². The zero-order valence-electron chi connectivity index (χ0n) is 9.22. The van der Waals surface area contributed by atoms with Crippen LogP contribution in [0.4, 0.5) is 26.3 Å². The van der Waals surface area contributed by atoms with Gasteiger partial charge in [-0.1, -0.05) is 30.3 Å². The Hall–Kier alpha value is -1.73. The van der Waals surface area contributed by atoms with Gasteiger partial charge in [0, 0.05) is 6.42 Å². The molecule has 0 saturated carbocycles. The van der Waals surface area contributed by atoms with E-state index in [1.165, 1.54) is 18.2 Å². The number of carboxylic acid groups (broad SMARTS) is 1. The van der Waals surface area contributed by atoms with Crippen LogP contribution in [-0.2, 0) is 11.2 Å². The van der Waals surface area contributed by atoms with Crippen LogP contribution in [0.2, 0.25) is 0 Å². The second-order valence-electron chi connectivity index (χ2n) is 3.87. The molecule has 8 heteroatoms. The number of alkyl halides is 6. The van der Waals surface area contributed by atoms with Crippen molar-refractivity contribution in [2.45, 2.75) is 18.8 Å². The fourth-order valence-electron chi connectivity index (χ4n) is 1.58. The van der Waals surface area contributed by atoms with Gasteiger partial charge in [-0.25, -0.2) is 0 Å². The van der Waals surface area contributed by atoms with E-state index in [4.69, 9.17) is 5.11 Å². The van der Waals surface area contributed by atoms with E-state index in [0.29, 0.717) is 0 Å². The van der Waals surface area contributed by atoms with E-state index < -0.39 is 30.2 Å². The molecule has 106 valence electrons. The standard InChI is InChI=1S/C11H8F6O2/c12-10(13,14)9(8(18)19,11(15,16)17)6-7-4-2-1-3-5-7/h1-5H,6H2,(H,18,19). The minimum Gasteiger partial charge on any atom is -0.480 e. The van der Waals surface area contributed by atoms with E-state index in [-0.39, 0.29) is 5.56 Å². The molecular weight excluding hydrogens is 278 g/mol. The first-order valence-corrected chi connectivity index (χ1v) is 4.93. The van der Waals surface area contributed by atoms with E-state index in [0.717, 1.165) is 12.1 Å². The van der Waals surface area contributed by atoms with Crippen LogP contribution in [0.1, 0.15) is 5.56 Å². The zero-order chi connectivity index (χ0) is 14.9. The molecule has 1 rings (SSSR count). The molecule has 2 nitrogen and oxygen atoms in total. The van der Waals surface area contributed by atoms with E-state index in [9.17, 15) is 31.1 Å². The van der Waals surface area contributed by atoms with Gasteiger partial charge in [-0.3, -0.25) is 4.79 Å². The summed E-state index contributed by atoms with van der Waals surface area (Å²) >= 11 is 0. The van der Waals surface area contributed by atoms with Crippen molar-refractivity contribution in [3.63, 3.8) is 0 Å². The summed E-state index contributed by atoms with van der Waals surface area (Å²) in [5, 5.41) is 8.52. The average Bonchev–Trinajstić information content (AvgIpc) is 2.23. The summed E-state index contributed by atoms with van der Waals surface area (Å²) in [6, 6.07) is 5.88. The van der Waals surface area contributed by atoms with E-state index in [1.54, 1.807) is 0 Å². The predicted molar refractivity (Wildman–Crippen MR) is 52.3 cm³/mol. The molecule has 0 atom stereocenters. The van der Waals surface area contributed by atoms with E-state index in [1.807, 2.05) is 0 Å². The molecule has 0 bridgehead atoms. The summed E-state index contributed by atoms with van der Waals surface area (Å²) in [4.78, 5) is 10.7. The predicted octanol–water partition coefficient (Wildman–Crippen LogP) is 3.42. The molecule has 0 aliphatic carbocycles. The summed E-state index contributed by atoms with van der Waals surface area (Å²) in [5.41, 5.74) is -5.17. The lowest BCUT2D eigenvalue weighted by molar-refractivity contribution is -0.330. The van der Waals surface area contributed by atoms with Crippen molar-refractivity contribution in [2.75, 3.05) is 0 Å².